The van der Waals surface area contributed by atoms with Crippen LogP contribution in [0.3, 0.4) is 0 Å². The normalized spacial score (nSPS) is 11.8. The summed E-state index contributed by atoms with van der Waals surface area (Å²) in [6.45, 7) is 20.6. The van der Waals surface area contributed by atoms with Gasteiger partial charge in [-0.1, -0.05) is 0 Å². The maximum atomic E-state index is 2.33. The first kappa shape index (κ1) is 18.3. The van der Waals surface area contributed by atoms with E-state index in [0.717, 1.165) is 0 Å². The quantitative estimate of drug-likeness (QED) is 0.323. The number of aryl methyl sites for hydroxylation is 5. The molecule has 0 N–H and O–H groups in total. The molecular formula is C24H30S. The zero-order valence-corrected chi connectivity index (χ0v) is 18.2. The van der Waals surface area contributed by atoms with Crippen LogP contribution < -0.4 is 0 Å². The highest BCUT2D eigenvalue weighted by atomic mass is 32.2. The van der Waals surface area contributed by atoms with Crippen molar-refractivity contribution in [1.82, 2.24) is 0 Å². The number of hydrogen-bond donors (Lipinski definition) is 0. The van der Waals surface area contributed by atoms with Gasteiger partial charge in [0.2, 0.25) is 0 Å². The third-order valence-electron chi connectivity index (χ3n) is 6.78. The van der Waals surface area contributed by atoms with Crippen molar-refractivity contribution in [3.8, 4) is 0 Å². The maximum absolute atomic E-state index is 2.33. The van der Waals surface area contributed by atoms with E-state index in [0.29, 0.717) is 0 Å². The van der Waals surface area contributed by atoms with Crippen molar-refractivity contribution in [3.05, 3.63) is 50.1 Å². The summed E-state index contributed by atoms with van der Waals surface area (Å²) in [6, 6.07) is 0. The molecule has 3 rings (SSSR count). The molecule has 0 fully saturated rings. The second kappa shape index (κ2) is 6.06. The van der Waals surface area contributed by atoms with Crippen molar-refractivity contribution < 1.29 is 0 Å². The summed E-state index contributed by atoms with van der Waals surface area (Å²) in [5.74, 6) is 0. The van der Waals surface area contributed by atoms with E-state index in [4.69, 9.17) is 0 Å². The van der Waals surface area contributed by atoms with Crippen molar-refractivity contribution >= 4 is 33.3 Å². The van der Waals surface area contributed by atoms with Gasteiger partial charge in [-0.05, 0) is 140 Å². The van der Waals surface area contributed by atoms with E-state index >= 15 is 0 Å². The van der Waals surface area contributed by atoms with Gasteiger partial charge >= 0.3 is 0 Å². The van der Waals surface area contributed by atoms with Crippen LogP contribution in [0.2, 0.25) is 0 Å². The van der Waals surface area contributed by atoms with Crippen molar-refractivity contribution in [2.75, 3.05) is 6.26 Å². The Balaban J connectivity index is 2.84. The van der Waals surface area contributed by atoms with Crippen molar-refractivity contribution in [2.45, 2.75) is 67.2 Å². The first-order chi connectivity index (χ1) is 11.6. The van der Waals surface area contributed by atoms with Gasteiger partial charge < -0.3 is 0 Å². The lowest BCUT2D eigenvalue weighted by Crippen LogP contribution is -2.02. The Hall–Kier alpha value is -1.47. The predicted molar refractivity (Wildman–Crippen MR) is 116 cm³/mol. The smallest absolute Gasteiger partial charge is 0.0232 e. The Bertz CT molecular complexity index is 971. The highest BCUT2D eigenvalue weighted by molar-refractivity contribution is 7.99. The molecule has 0 aromatic heterocycles. The van der Waals surface area contributed by atoms with E-state index in [-0.39, 0.29) is 0 Å². The highest BCUT2D eigenvalue weighted by Crippen LogP contribution is 2.45. The molecule has 0 heterocycles. The second-order valence-corrected chi connectivity index (χ2v) is 8.47. The minimum Gasteiger partial charge on any atom is -0.128 e. The number of benzene rings is 3. The molecule has 0 nitrogen and oxygen atoms in total. The fourth-order valence-electron chi connectivity index (χ4n) is 4.58. The molecule has 0 bridgehead atoms. The second-order valence-electron chi connectivity index (χ2n) is 7.66. The zero-order valence-electron chi connectivity index (χ0n) is 17.4. The molecule has 0 saturated carbocycles. The first-order valence-corrected chi connectivity index (χ1v) is 10.3. The molecule has 0 unspecified atom stereocenters. The topological polar surface area (TPSA) is 0 Å². The fourth-order valence-corrected chi connectivity index (χ4v) is 5.50. The largest absolute Gasteiger partial charge is 0.128 e. The van der Waals surface area contributed by atoms with Crippen LogP contribution in [0.25, 0.3) is 21.5 Å². The third-order valence-corrected chi connectivity index (χ3v) is 7.60. The van der Waals surface area contributed by atoms with Gasteiger partial charge in [0.1, 0.15) is 0 Å². The number of hydrogen-bond acceptors (Lipinski definition) is 1. The van der Waals surface area contributed by atoms with Gasteiger partial charge in [0, 0.05) is 4.90 Å². The molecule has 0 spiro atoms. The molecule has 0 radical (unpaired) electrons. The minimum absolute atomic E-state index is 1.44. The van der Waals surface area contributed by atoms with E-state index in [1.54, 1.807) is 0 Å². The van der Waals surface area contributed by atoms with Gasteiger partial charge in [-0.2, -0.15) is 0 Å². The van der Waals surface area contributed by atoms with E-state index < -0.39 is 0 Å². The average molecular weight is 351 g/mol. The molecule has 25 heavy (non-hydrogen) atoms. The van der Waals surface area contributed by atoms with E-state index in [2.05, 4.69) is 68.6 Å². The summed E-state index contributed by atoms with van der Waals surface area (Å²) in [6.07, 6.45) is 2.23. The Morgan fingerprint density at radius 2 is 0.640 bits per heavy atom. The standard InChI is InChI=1S/C24H30S/c1-11-13(3)17(7)22-20(15(11)5)19(9)21-16(6)12(2)14(4)18(8)23(21)24(22)25-10/h1-10H3. The van der Waals surface area contributed by atoms with Crippen LogP contribution in [-0.4, -0.2) is 6.26 Å². The highest BCUT2D eigenvalue weighted by Gasteiger charge is 2.21. The maximum Gasteiger partial charge on any atom is 0.0232 e. The summed E-state index contributed by atoms with van der Waals surface area (Å²) in [5, 5.41) is 5.90. The SMILES string of the molecule is CSc1c2c(C)c(C)c(C)c(C)c2c(C)c2c(C)c(C)c(C)c(C)c12. The summed E-state index contributed by atoms with van der Waals surface area (Å²) < 4.78 is 0. The molecule has 1 heteroatoms. The summed E-state index contributed by atoms with van der Waals surface area (Å²) >= 11 is 1.91. The van der Waals surface area contributed by atoms with Crippen molar-refractivity contribution in [1.29, 1.82) is 0 Å². The first-order valence-electron chi connectivity index (χ1n) is 9.11. The Kier molecular flexibility index (Phi) is 4.44. The molecule has 132 valence electrons. The minimum atomic E-state index is 1.44. The molecule has 0 aliphatic rings. The lowest BCUT2D eigenvalue weighted by molar-refractivity contribution is 1.22. The molecule has 0 aliphatic heterocycles. The van der Waals surface area contributed by atoms with Gasteiger partial charge in [0.05, 0.1) is 0 Å². The molecule has 0 saturated heterocycles. The molecular weight excluding hydrogens is 320 g/mol. The Labute approximate surface area is 157 Å². The summed E-state index contributed by atoms with van der Waals surface area (Å²) in [7, 11) is 0. The predicted octanol–water partition coefficient (Wildman–Crippen LogP) is 7.49. The third kappa shape index (κ3) is 2.28. The monoisotopic (exact) mass is 350 g/mol. The van der Waals surface area contributed by atoms with Crippen LogP contribution in [0.1, 0.15) is 50.1 Å². The number of rotatable bonds is 1. The van der Waals surface area contributed by atoms with E-state index in [1.165, 1.54) is 76.5 Å². The van der Waals surface area contributed by atoms with Crippen LogP contribution in [0, 0.1) is 62.3 Å². The van der Waals surface area contributed by atoms with Gasteiger partial charge in [-0.15, -0.1) is 11.8 Å². The molecule has 3 aromatic rings. The number of thioether (sulfide) groups is 1. The van der Waals surface area contributed by atoms with Gasteiger partial charge in [0.25, 0.3) is 0 Å². The lowest BCUT2D eigenvalue weighted by atomic mass is 9.83. The van der Waals surface area contributed by atoms with E-state index in [1.807, 2.05) is 11.8 Å². The van der Waals surface area contributed by atoms with Crippen LogP contribution in [0.4, 0.5) is 0 Å². The van der Waals surface area contributed by atoms with Crippen LogP contribution in [-0.2, 0) is 0 Å². The molecule has 0 amide bonds. The van der Waals surface area contributed by atoms with Crippen LogP contribution in [0.15, 0.2) is 4.90 Å². The molecule has 3 aromatic carbocycles. The Morgan fingerprint density at radius 1 is 0.360 bits per heavy atom. The van der Waals surface area contributed by atoms with Crippen molar-refractivity contribution in [2.24, 2.45) is 0 Å². The average Bonchev–Trinajstić information content (AvgIpc) is 2.59. The molecule has 0 aliphatic carbocycles. The van der Waals surface area contributed by atoms with E-state index in [9.17, 15) is 0 Å². The number of fused-ring (bicyclic) bond motifs is 2. The summed E-state index contributed by atoms with van der Waals surface area (Å²) in [4.78, 5) is 1.46. The van der Waals surface area contributed by atoms with Gasteiger partial charge in [-0.3, -0.25) is 0 Å². The Morgan fingerprint density at radius 3 is 0.920 bits per heavy atom. The summed E-state index contributed by atoms with van der Waals surface area (Å²) in [5.41, 5.74) is 13.0. The zero-order chi connectivity index (χ0) is 18.8. The van der Waals surface area contributed by atoms with Crippen LogP contribution >= 0.6 is 11.8 Å². The van der Waals surface area contributed by atoms with Gasteiger partial charge in [-0.25, -0.2) is 0 Å². The van der Waals surface area contributed by atoms with Gasteiger partial charge in [0.15, 0.2) is 0 Å². The lowest BCUT2D eigenvalue weighted by Gasteiger charge is -2.24. The van der Waals surface area contributed by atoms with Crippen LogP contribution in [0.5, 0.6) is 0 Å². The molecule has 0 atom stereocenters. The fraction of sp³-hybridized carbons (Fsp3) is 0.417. The van der Waals surface area contributed by atoms with Crippen molar-refractivity contribution in [3.63, 3.8) is 0 Å².